The minimum absolute atomic E-state index is 0.372. The van der Waals surface area contributed by atoms with Crippen molar-refractivity contribution in [3.8, 4) is 0 Å². The second-order valence-electron chi connectivity index (χ2n) is 4.22. The van der Waals surface area contributed by atoms with Gasteiger partial charge in [0.1, 0.15) is 6.67 Å². The number of likely N-dealkylation sites (N-methyl/N-ethyl adjacent to an activating group) is 1. The number of hydrogen-bond acceptors (Lipinski definition) is 2. The molecule has 3 heteroatoms. The Bertz CT molecular complexity index is 332. The van der Waals surface area contributed by atoms with Crippen molar-refractivity contribution in [1.29, 1.82) is 0 Å². The third kappa shape index (κ3) is 2.53. The summed E-state index contributed by atoms with van der Waals surface area (Å²) in [5, 5.41) is 0. The van der Waals surface area contributed by atoms with Gasteiger partial charge in [0.05, 0.1) is 0 Å². The third-order valence-electron chi connectivity index (χ3n) is 3.25. The largest absolute Gasteiger partial charge is 0.369 e. The molecule has 0 aromatic heterocycles. The van der Waals surface area contributed by atoms with Crippen LogP contribution in [0.15, 0.2) is 24.3 Å². The van der Waals surface area contributed by atoms with E-state index >= 15 is 0 Å². The number of alkyl halides is 1. The Balaban J connectivity index is 2.02. The van der Waals surface area contributed by atoms with E-state index in [1.807, 2.05) is 18.2 Å². The van der Waals surface area contributed by atoms with E-state index in [1.165, 1.54) is 0 Å². The van der Waals surface area contributed by atoms with Crippen molar-refractivity contribution < 1.29 is 4.39 Å². The predicted octanol–water partition coefficient (Wildman–Crippen LogP) is 2.30. The van der Waals surface area contributed by atoms with Gasteiger partial charge in [-0.25, -0.2) is 4.39 Å². The highest BCUT2D eigenvalue weighted by Gasteiger charge is 2.15. The fourth-order valence-electron chi connectivity index (χ4n) is 2.16. The quantitative estimate of drug-likeness (QED) is 0.774. The van der Waals surface area contributed by atoms with Gasteiger partial charge in [0.15, 0.2) is 0 Å². The lowest BCUT2D eigenvalue weighted by Gasteiger charge is -2.35. The molecular weight excluding hydrogens is 203 g/mol. The van der Waals surface area contributed by atoms with Crippen LogP contribution in [0, 0.1) is 0 Å². The van der Waals surface area contributed by atoms with E-state index in [9.17, 15) is 4.39 Å². The molecule has 1 aromatic carbocycles. The van der Waals surface area contributed by atoms with E-state index in [0.29, 0.717) is 0 Å². The van der Waals surface area contributed by atoms with Crippen LogP contribution >= 0.6 is 0 Å². The molecule has 0 aliphatic carbocycles. The Morgan fingerprint density at radius 1 is 1.19 bits per heavy atom. The van der Waals surface area contributed by atoms with Crippen LogP contribution in [0.3, 0.4) is 0 Å². The van der Waals surface area contributed by atoms with Crippen LogP contribution in [0.2, 0.25) is 0 Å². The van der Waals surface area contributed by atoms with Crippen molar-refractivity contribution in [3.05, 3.63) is 29.8 Å². The number of benzene rings is 1. The summed E-state index contributed by atoms with van der Waals surface area (Å²) < 4.78 is 12.6. The van der Waals surface area contributed by atoms with Crippen molar-refractivity contribution in [2.45, 2.75) is 13.6 Å². The predicted molar refractivity (Wildman–Crippen MR) is 65.6 cm³/mol. The van der Waals surface area contributed by atoms with Gasteiger partial charge < -0.3 is 9.80 Å². The zero-order valence-corrected chi connectivity index (χ0v) is 9.82. The molecule has 0 amide bonds. The summed E-state index contributed by atoms with van der Waals surface area (Å²) in [5.41, 5.74) is 1.93. The highest BCUT2D eigenvalue weighted by atomic mass is 19.1. The second kappa shape index (κ2) is 5.30. The first kappa shape index (κ1) is 11.4. The molecule has 1 aliphatic rings. The normalized spacial score (nSPS) is 17.8. The Hall–Kier alpha value is -1.09. The highest BCUT2D eigenvalue weighted by molar-refractivity contribution is 5.48. The van der Waals surface area contributed by atoms with Gasteiger partial charge in [-0.2, -0.15) is 0 Å². The Morgan fingerprint density at radius 3 is 2.56 bits per heavy atom. The topological polar surface area (TPSA) is 6.48 Å². The van der Waals surface area contributed by atoms with Crippen LogP contribution in [0.1, 0.15) is 12.5 Å². The SMILES string of the molecule is CCN1CCN(c2cccc(CF)c2)CC1. The van der Waals surface area contributed by atoms with Crippen LogP contribution in [0.25, 0.3) is 0 Å². The fraction of sp³-hybridized carbons (Fsp3) is 0.538. The molecule has 0 bridgehead atoms. The summed E-state index contributed by atoms with van der Waals surface area (Å²) in [7, 11) is 0. The summed E-state index contributed by atoms with van der Waals surface area (Å²) >= 11 is 0. The van der Waals surface area contributed by atoms with Crippen molar-refractivity contribution in [2.24, 2.45) is 0 Å². The zero-order valence-electron chi connectivity index (χ0n) is 9.82. The van der Waals surface area contributed by atoms with Gasteiger partial charge in [-0.3, -0.25) is 0 Å². The molecule has 2 rings (SSSR count). The van der Waals surface area contributed by atoms with Gasteiger partial charge in [0, 0.05) is 31.9 Å². The highest BCUT2D eigenvalue weighted by Crippen LogP contribution is 2.18. The lowest BCUT2D eigenvalue weighted by molar-refractivity contribution is 0.271. The molecule has 1 aromatic rings. The molecule has 16 heavy (non-hydrogen) atoms. The van der Waals surface area contributed by atoms with E-state index in [2.05, 4.69) is 22.8 Å². The minimum atomic E-state index is -0.372. The van der Waals surface area contributed by atoms with Gasteiger partial charge in [-0.15, -0.1) is 0 Å². The summed E-state index contributed by atoms with van der Waals surface area (Å²) in [6, 6.07) is 7.81. The molecule has 0 spiro atoms. The third-order valence-corrected chi connectivity index (χ3v) is 3.25. The molecule has 0 radical (unpaired) electrons. The van der Waals surface area contributed by atoms with Crippen molar-refractivity contribution in [2.75, 3.05) is 37.6 Å². The number of nitrogens with zero attached hydrogens (tertiary/aromatic N) is 2. The average molecular weight is 222 g/mol. The van der Waals surface area contributed by atoms with Crippen LogP contribution < -0.4 is 4.90 Å². The molecule has 1 saturated heterocycles. The summed E-state index contributed by atoms with van der Waals surface area (Å²) in [6.45, 7) is 7.25. The Labute approximate surface area is 96.7 Å². The maximum absolute atomic E-state index is 12.6. The summed E-state index contributed by atoms with van der Waals surface area (Å²) in [4.78, 5) is 4.78. The molecule has 1 aliphatic heterocycles. The molecule has 88 valence electrons. The second-order valence-corrected chi connectivity index (χ2v) is 4.22. The molecular formula is C13H19FN2. The van der Waals surface area contributed by atoms with Crippen LogP contribution in [-0.4, -0.2) is 37.6 Å². The monoisotopic (exact) mass is 222 g/mol. The molecule has 1 heterocycles. The van der Waals surface area contributed by atoms with Crippen molar-refractivity contribution in [1.82, 2.24) is 4.90 Å². The van der Waals surface area contributed by atoms with Gasteiger partial charge >= 0.3 is 0 Å². The van der Waals surface area contributed by atoms with Gasteiger partial charge in [0.25, 0.3) is 0 Å². The zero-order chi connectivity index (χ0) is 11.4. The fourth-order valence-corrected chi connectivity index (χ4v) is 2.16. The van der Waals surface area contributed by atoms with Gasteiger partial charge in [-0.05, 0) is 24.2 Å². The standard InChI is InChI=1S/C13H19FN2/c1-2-15-6-8-16(9-7-15)13-5-3-4-12(10-13)11-14/h3-5,10H,2,6-9,11H2,1H3. The number of hydrogen-bond donors (Lipinski definition) is 0. The van der Waals surface area contributed by atoms with E-state index < -0.39 is 0 Å². The molecule has 0 saturated carbocycles. The maximum Gasteiger partial charge on any atom is 0.115 e. The molecule has 0 atom stereocenters. The first-order chi connectivity index (χ1) is 7.83. The van der Waals surface area contributed by atoms with Gasteiger partial charge in [0.2, 0.25) is 0 Å². The Morgan fingerprint density at radius 2 is 1.94 bits per heavy atom. The van der Waals surface area contributed by atoms with Crippen LogP contribution in [-0.2, 0) is 6.67 Å². The Kier molecular flexibility index (Phi) is 3.78. The van der Waals surface area contributed by atoms with E-state index in [0.717, 1.165) is 44.0 Å². The minimum Gasteiger partial charge on any atom is -0.369 e. The maximum atomic E-state index is 12.6. The number of piperazine rings is 1. The van der Waals surface area contributed by atoms with Gasteiger partial charge in [-0.1, -0.05) is 19.1 Å². The van der Waals surface area contributed by atoms with Crippen molar-refractivity contribution >= 4 is 5.69 Å². The van der Waals surface area contributed by atoms with E-state index in [4.69, 9.17) is 0 Å². The average Bonchev–Trinajstić information content (AvgIpc) is 2.39. The molecule has 0 N–H and O–H groups in total. The number of rotatable bonds is 3. The smallest absolute Gasteiger partial charge is 0.115 e. The lowest BCUT2D eigenvalue weighted by Crippen LogP contribution is -2.46. The van der Waals surface area contributed by atoms with Crippen LogP contribution in [0.4, 0.5) is 10.1 Å². The van der Waals surface area contributed by atoms with E-state index in [1.54, 1.807) is 0 Å². The summed E-state index contributed by atoms with van der Waals surface area (Å²) in [6.07, 6.45) is 0. The number of halogens is 1. The first-order valence-corrected chi connectivity index (χ1v) is 5.95. The molecule has 2 nitrogen and oxygen atoms in total. The molecule has 1 fully saturated rings. The van der Waals surface area contributed by atoms with E-state index in [-0.39, 0.29) is 6.67 Å². The van der Waals surface area contributed by atoms with Crippen LogP contribution in [0.5, 0.6) is 0 Å². The molecule has 0 unspecified atom stereocenters. The number of anilines is 1. The van der Waals surface area contributed by atoms with Crippen molar-refractivity contribution in [3.63, 3.8) is 0 Å². The lowest BCUT2D eigenvalue weighted by atomic mass is 10.2. The first-order valence-electron chi connectivity index (χ1n) is 5.95. The summed E-state index contributed by atoms with van der Waals surface area (Å²) in [5.74, 6) is 0.